The average molecular weight is 263 g/mol. The molecule has 0 spiro atoms. The van der Waals surface area contributed by atoms with Crippen molar-refractivity contribution in [1.82, 2.24) is 0 Å². The predicted molar refractivity (Wildman–Crippen MR) is 70.0 cm³/mol. The molecule has 0 saturated carbocycles. The first kappa shape index (κ1) is 12.4. The maximum absolute atomic E-state index is 12.0. The lowest BCUT2D eigenvalue weighted by molar-refractivity contribution is 0.376. The van der Waals surface area contributed by atoms with Crippen LogP contribution in [0, 0.1) is 0 Å². The maximum Gasteiger partial charge on any atom is 0.215 e. The molecule has 0 aromatic heterocycles. The number of rotatable bonds is 4. The number of hydrogen-bond donors (Lipinski definition) is 1. The number of nitrogen functional groups attached to an aromatic ring is 1. The van der Waals surface area contributed by atoms with Crippen LogP contribution in [-0.2, 0) is 9.84 Å². The van der Waals surface area contributed by atoms with Crippen molar-refractivity contribution in [2.75, 3.05) is 11.7 Å². The van der Waals surface area contributed by atoms with E-state index in [9.17, 15) is 8.42 Å². The van der Waals surface area contributed by atoms with Crippen LogP contribution >= 0.6 is 0 Å². The normalized spacial score (nSPS) is 11.1. The smallest absolute Gasteiger partial charge is 0.215 e. The molecule has 2 rings (SSSR count). The van der Waals surface area contributed by atoms with E-state index in [0.29, 0.717) is 5.75 Å². The molecule has 0 aliphatic rings. The summed E-state index contributed by atoms with van der Waals surface area (Å²) in [6.07, 6.45) is 0. The SMILES string of the molecule is Nc1ccccc1S(=O)(=O)COc1ccccc1. The van der Waals surface area contributed by atoms with Crippen LogP contribution < -0.4 is 10.5 Å². The minimum Gasteiger partial charge on any atom is -0.477 e. The number of sulfone groups is 1. The fourth-order valence-corrected chi connectivity index (χ4v) is 2.62. The molecule has 0 radical (unpaired) electrons. The first-order valence-corrected chi connectivity index (χ1v) is 7.00. The number of para-hydroxylation sites is 2. The summed E-state index contributed by atoms with van der Waals surface area (Å²) >= 11 is 0. The quantitative estimate of drug-likeness (QED) is 0.857. The van der Waals surface area contributed by atoms with E-state index < -0.39 is 15.8 Å². The van der Waals surface area contributed by atoms with Crippen LogP contribution in [0.2, 0.25) is 0 Å². The third kappa shape index (κ3) is 2.81. The third-order valence-corrected chi connectivity index (χ3v) is 3.85. The van der Waals surface area contributed by atoms with Crippen molar-refractivity contribution in [2.24, 2.45) is 0 Å². The molecule has 2 aromatic rings. The first-order valence-electron chi connectivity index (χ1n) is 5.35. The molecule has 0 atom stereocenters. The second-order valence-electron chi connectivity index (χ2n) is 3.73. The van der Waals surface area contributed by atoms with Gasteiger partial charge in [0, 0.05) is 0 Å². The topological polar surface area (TPSA) is 69.4 Å². The van der Waals surface area contributed by atoms with Gasteiger partial charge in [0.2, 0.25) is 9.84 Å². The van der Waals surface area contributed by atoms with Crippen LogP contribution in [0.4, 0.5) is 5.69 Å². The maximum atomic E-state index is 12.0. The fraction of sp³-hybridized carbons (Fsp3) is 0.0769. The highest BCUT2D eigenvalue weighted by Crippen LogP contribution is 2.20. The molecule has 2 aromatic carbocycles. The summed E-state index contributed by atoms with van der Waals surface area (Å²) in [5, 5.41) is 0. The highest BCUT2D eigenvalue weighted by molar-refractivity contribution is 7.91. The molecule has 0 bridgehead atoms. The highest BCUT2D eigenvalue weighted by Gasteiger charge is 2.17. The van der Waals surface area contributed by atoms with Gasteiger partial charge < -0.3 is 10.5 Å². The summed E-state index contributed by atoms with van der Waals surface area (Å²) in [6, 6.07) is 15.1. The number of anilines is 1. The number of nitrogens with two attached hydrogens (primary N) is 1. The van der Waals surface area contributed by atoms with Crippen molar-refractivity contribution in [3.05, 3.63) is 54.6 Å². The molecule has 0 fully saturated rings. The van der Waals surface area contributed by atoms with Gasteiger partial charge in [-0.25, -0.2) is 8.42 Å². The highest BCUT2D eigenvalue weighted by atomic mass is 32.2. The Kier molecular flexibility index (Phi) is 3.53. The van der Waals surface area contributed by atoms with Gasteiger partial charge in [0.15, 0.2) is 5.94 Å². The standard InChI is InChI=1S/C13H13NO3S/c14-12-8-4-5-9-13(12)18(15,16)10-17-11-6-2-1-3-7-11/h1-9H,10,14H2. The van der Waals surface area contributed by atoms with E-state index in [1.165, 1.54) is 6.07 Å². The van der Waals surface area contributed by atoms with Crippen molar-refractivity contribution in [3.8, 4) is 5.75 Å². The second-order valence-corrected chi connectivity index (χ2v) is 5.63. The lowest BCUT2D eigenvalue weighted by atomic mass is 10.3. The molecule has 2 N–H and O–H groups in total. The van der Waals surface area contributed by atoms with Gasteiger partial charge in [0.25, 0.3) is 0 Å². The van der Waals surface area contributed by atoms with Crippen LogP contribution in [0.15, 0.2) is 59.5 Å². The van der Waals surface area contributed by atoms with E-state index in [-0.39, 0.29) is 10.6 Å². The van der Waals surface area contributed by atoms with E-state index >= 15 is 0 Å². The summed E-state index contributed by atoms with van der Waals surface area (Å²) in [7, 11) is -3.54. The molecule has 18 heavy (non-hydrogen) atoms. The number of ether oxygens (including phenoxy) is 1. The first-order chi connectivity index (χ1) is 8.59. The van der Waals surface area contributed by atoms with Gasteiger partial charge in [0.05, 0.1) is 10.6 Å². The Labute approximate surface area is 106 Å². The average Bonchev–Trinajstić information content (AvgIpc) is 2.38. The van der Waals surface area contributed by atoms with E-state index in [2.05, 4.69) is 0 Å². The van der Waals surface area contributed by atoms with Gasteiger partial charge in [0.1, 0.15) is 5.75 Å². The summed E-state index contributed by atoms with van der Waals surface area (Å²) in [6.45, 7) is 0. The molecule has 0 saturated heterocycles. The second kappa shape index (κ2) is 5.10. The molecular weight excluding hydrogens is 250 g/mol. The Morgan fingerprint density at radius 1 is 0.944 bits per heavy atom. The van der Waals surface area contributed by atoms with Gasteiger partial charge in [-0.2, -0.15) is 0 Å². The molecule has 94 valence electrons. The minimum atomic E-state index is -3.54. The Hall–Kier alpha value is -2.01. The van der Waals surface area contributed by atoms with Gasteiger partial charge in [-0.1, -0.05) is 30.3 Å². The van der Waals surface area contributed by atoms with Crippen molar-refractivity contribution >= 4 is 15.5 Å². The summed E-state index contributed by atoms with van der Waals surface area (Å²) in [5.41, 5.74) is 5.87. The van der Waals surface area contributed by atoms with Crippen molar-refractivity contribution in [1.29, 1.82) is 0 Å². The summed E-state index contributed by atoms with van der Waals surface area (Å²) in [5.74, 6) is 0.0844. The van der Waals surface area contributed by atoms with E-state index in [0.717, 1.165) is 0 Å². The van der Waals surface area contributed by atoms with Gasteiger partial charge in [-0.05, 0) is 24.3 Å². The van der Waals surface area contributed by atoms with Crippen LogP contribution in [0.25, 0.3) is 0 Å². The van der Waals surface area contributed by atoms with Crippen LogP contribution in [0.3, 0.4) is 0 Å². The van der Waals surface area contributed by atoms with Crippen molar-refractivity contribution < 1.29 is 13.2 Å². The molecule has 4 nitrogen and oxygen atoms in total. The van der Waals surface area contributed by atoms with Crippen molar-refractivity contribution in [3.63, 3.8) is 0 Å². The zero-order valence-electron chi connectivity index (χ0n) is 9.61. The largest absolute Gasteiger partial charge is 0.477 e. The van der Waals surface area contributed by atoms with Crippen LogP contribution in [0.5, 0.6) is 5.75 Å². The van der Waals surface area contributed by atoms with Gasteiger partial charge >= 0.3 is 0 Å². The monoisotopic (exact) mass is 263 g/mol. The van der Waals surface area contributed by atoms with Crippen molar-refractivity contribution in [2.45, 2.75) is 4.90 Å². The Morgan fingerprint density at radius 2 is 1.56 bits per heavy atom. The van der Waals surface area contributed by atoms with Crippen LogP contribution in [-0.4, -0.2) is 14.4 Å². The van der Waals surface area contributed by atoms with E-state index in [1.807, 2.05) is 6.07 Å². The lowest BCUT2D eigenvalue weighted by Gasteiger charge is -2.08. The third-order valence-electron chi connectivity index (χ3n) is 2.38. The van der Waals surface area contributed by atoms with Crippen LogP contribution in [0.1, 0.15) is 0 Å². The molecule has 0 amide bonds. The molecular formula is C13H13NO3S. The molecule has 0 heterocycles. The molecule has 0 unspecified atom stereocenters. The zero-order chi connectivity index (χ0) is 13.0. The fourth-order valence-electron chi connectivity index (χ4n) is 1.49. The van der Waals surface area contributed by atoms with Gasteiger partial charge in [-0.15, -0.1) is 0 Å². The Bertz CT molecular complexity index is 624. The minimum absolute atomic E-state index is 0.0981. The zero-order valence-corrected chi connectivity index (χ0v) is 10.4. The number of benzene rings is 2. The Balaban J connectivity index is 2.16. The summed E-state index contributed by atoms with van der Waals surface area (Å²) in [4.78, 5) is 0.0981. The number of hydrogen-bond acceptors (Lipinski definition) is 4. The lowest BCUT2D eigenvalue weighted by Crippen LogP contribution is -2.14. The summed E-state index contributed by atoms with van der Waals surface area (Å²) < 4.78 is 29.3. The molecule has 5 heteroatoms. The predicted octanol–water partition coefficient (Wildman–Crippen LogP) is 2.08. The van der Waals surface area contributed by atoms with Gasteiger partial charge in [-0.3, -0.25) is 0 Å². The molecule has 0 aliphatic carbocycles. The Morgan fingerprint density at radius 3 is 2.22 bits per heavy atom. The van der Waals surface area contributed by atoms with E-state index in [4.69, 9.17) is 10.5 Å². The molecule has 0 aliphatic heterocycles. The van der Waals surface area contributed by atoms with E-state index in [1.54, 1.807) is 42.5 Å².